The first kappa shape index (κ1) is 18.5. The summed E-state index contributed by atoms with van der Waals surface area (Å²) in [5.41, 5.74) is 4.97. The second-order valence-corrected chi connectivity index (χ2v) is 8.87. The molecule has 26 heavy (non-hydrogen) atoms. The Bertz CT molecular complexity index is 952. The summed E-state index contributed by atoms with van der Waals surface area (Å²) in [6.07, 6.45) is 1.58. The van der Waals surface area contributed by atoms with Crippen LogP contribution in [0.3, 0.4) is 0 Å². The van der Waals surface area contributed by atoms with Crippen LogP contribution in [0.4, 0.5) is 11.4 Å². The van der Waals surface area contributed by atoms with Crippen LogP contribution in [0.25, 0.3) is 0 Å². The van der Waals surface area contributed by atoms with Gasteiger partial charge in [-0.1, -0.05) is 17.7 Å². The van der Waals surface area contributed by atoms with E-state index < -0.39 is 10.0 Å². The smallest absolute Gasteiger partial charge is 0.255 e. The van der Waals surface area contributed by atoms with Crippen molar-refractivity contribution in [3.63, 3.8) is 0 Å². The Kier molecular flexibility index (Phi) is 5.05. The van der Waals surface area contributed by atoms with Gasteiger partial charge in [-0.25, -0.2) is 8.42 Å². The monoisotopic (exact) mass is 372 g/mol. The molecule has 0 unspecified atom stereocenters. The first-order valence-electron chi connectivity index (χ1n) is 8.84. The van der Waals surface area contributed by atoms with E-state index in [-0.39, 0.29) is 11.7 Å². The van der Waals surface area contributed by atoms with E-state index in [4.69, 9.17) is 0 Å². The van der Waals surface area contributed by atoms with Crippen molar-refractivity contribution in [1.82, 2.24) is 0 Å². The molecule has 0 aromatic heterocycles. The molecule has 1 aliphatic heterocycles. The van der Waals surface area contributed by atoms with Crippen LogP contribution in [0.1, 0.15) is 40.4 Å². The van der Waals surface area contributed by atoms with E-state index in [1.807, 2.05) is 38.1 Å². The van der Waals surface area contributed by atoms with Gasteiger partial charge in [-0.3, -0.25) is 9.10 Å². The standard InChI is InChI=1S/C20H24N2O3S/c1-4-26(24,25)22-11-5-6-16-13-17(9-10-19(16)22)21-20(23)18-12-14(2)7-8-15(18)3/h7-10,12-13H,4-6,11H2,1-3H3,(H,21,23). The van der Waals surface area contributed by atoms with Gasteiger partial charge in [0.15, 0.2) is 0 Å². The van der Waals surface area contributed by atoms with E-state index in [9.17, 15) is 13.2 Å². The molecule has 0 saturated carbocycles. The summed E-state index contributed by atoms with van der Waals surface area (Å²) < 4.78 is 26.1. The third-order valence-corrected chi connectivity index (χ3v) is 6.53. The Labute approximate surface area is 155 Å². The van der Waals surface area contributed by atoms with Crippen molar-refractivity contribution in [3.05, 3.63) is 58.7 Å². The molecule has 1 N–H and O–H groups in total. The van der Waals surface area contributed by atoms with Gasteiger partial charge in [0.05, 0.1) is 11.4 Å². The van der Waals surface area contributed by atoms with Crippen molar-refractivity contribution < 1.29 is 13.2 Å². The van der Waals surface area contributed by atoms with E-state index in [1.165, 1.54) is 4.31 Å². The average Bonchev–Trinajstić information content (AvgIpc) is 2.62. The molecule has 1 amide bonds. The normalized spacial score (nSPS) is 14.0. The van der Waals surface area contributed by atoms with Gasteiger partial charge >= 0.3 is 0 Å². The fraction of sp³-hybridized carbons (Fsp3) is 0.350. The lowest BCUT2D eigenvalue weighted by molar-refractivity contribution is 0.102. The molecule has 0 radical (unpaired) electrons. The summed E-state index contributed by atoms with van der Waals surface area (Å²) in [6, 6.07) is 11.2. The van der Waals surface area contributed by atoms with Crippen molar-refractivity contribution in [1.29, 1.82) is 0 Å². The maximum atomic E-state index is 12.6. The molecule has 2 aromatic carbocycles. The number of carbonyl (C=O) groups is 1. The number of rotatable bonds is 4. The minimum Gasteiger partial charge on any atom is -0.322 e. The van der Waals surface area contributed by atoms with Crippen LogP contribution in [-0.4, -0.2) is 26.6 Å². The quantitative estimate of drug-likeness (QED) is 0.891. The van der Waals surface area contributed by atoms with Crippen LogP contribution < -0.4 is 9.62 Å². The van der Waals surface area contributed by atoms with Crippen LogP contribution >= 0.6 is 0 Å². The first-order valence-corrected chi connectivity index (χ1v) is 10.4. The topological polar surface area (TPSA) is 66.5 Å². The molecular weight excluding hydrogens is 348 g/mol. The number of aryl methyl sites for hydroxylation is 3. The van der Waals surface area contributed by atoms with Crippen LogP contribution in [0, 0.1) is 13.8 Å². The Morgan fingerprint density at radius 1 is 1.15 bits per heavy atom. The second kappa shape index (κ2) is 7.11. The molecular formula is C20H24N2O3S. The largest absolute Gasteiger partial charge is 0.322 e. The minimum atomic E-state index is -3.28. The highest BCUT2D eigenvalue weighted by molar-refractivity contribution is 7.92. The average molecular weight is 372 g/mol. The van der Waals surface area contributed by atoms with Gasteiger partial charge in [0.1, 0.15) is 0 Å². The summed E-state index contributed by atoms with van der Waals surface area (Å²) in [6.45, 7) is 6.03. The number of amides is 1. The summed E-state index contributed by atoms with van der Waals surface area (Å²) in [5.74, 6) is -0.0719. The Morgan fingerprint density at radius 3 is 2.65 bits per heavy atom. The predicted molar refractivity (Wildman–Crippen MR) is 105 cm³/mol. The van der Waals surface area contributed by atoms with Crippen LogP contribution in [0.2, 0.25) is 0 Å². The van der Waals surface area contributed by atoms with Crippen LogP contribution in [0.15, 0.2) is 36.4 Å². The second-order valence-electron chi connectivity index (χ2n) is 6.69. The Hall–Kier alpha value is -2.34. The van der Waals surface area contributed by atoms with Gasteiger partial charge < -0.3 is 5.32 Å². The molecule has 3 rings (SSSR count). The zero-order valence-electron chi connectivity index (χ0n) is 15.4. The highest BCUT2D eigenvalue weighted by atomic mass is 32.2. The molecule has 5 nitrogen and oxygen atoms in total. The van der Waals surface area contributed by atoms with Crippen molar-refractivity contribution >= 4 is 27.3 Å². The molecule has 138 valence electrons. The maximum absolute atomic E-state index is 12.6. The Morgan fingerprint density at radius 2 is 1.92 bits per heavy atom. The van der Waals surface area contributed by atoms with Gasteiger partial charge in [-0.15, -0.1) is 0 Å². The fourth-order valence-electron chi connectivity index (χ4n) is 3.26. The zero-order chi connectivity index (χ0) is 18.9. The van der Waals surface area contributed by atoms with E-state index in [1.54, 1.807) is 19.1 Å². The number of carbonyl (C=O) groups excluding carboxylic acids is 1. The van der Waals surface area contributed by atoms with Crippen LogP contribution in [0.5, 0.6) is 0 Å². The third-order valence-electron chi connectivity index (χ3n) is 4.75. The summed E-state index contributed by atoms with van der Waals surface area (Å²) in [4.78, 5) is 12.6. The number of nitrogens with zero attached hydrogens (tertiary/aromatic N) is 1. The molecule has 2 aromatic rings. The lowest BCUT2D eigenvalue weighted by atomic mass is 10.0. The summed E-state index contributed by atoms with van der Waals surface area (Å²) >= 11 is 0. The zero-order valence-corrected chi connectivity index (χ0v) is 16.2. The van der Waals surface area contributed by atoms with Gasteiger partial charge in [0, 0.05) is 17.8 Å². The molecule has 1 aliphatic rings. The first-order chi connectivity index (χ1) is 12.3. The van der Waals surface area contributed by atoms with E-state index >= 15 is 0 Å². The Balaban J connectivity index is 1.87. The fourth-order valence-corrected chi connectivity index (χ4v) is 4.46. The van der Waals surface area contributed by atoms with Gasteiger partial charge in [0.2, 0.25) is 10.0 Å². The number of sulfonamides is 1. The predicted octanol–water partition coefficient (Wildman–Crippen LogP) is 3.66. The lowest BCUT2D eigenvalue weighted by Crippen LogP contribution is -2.36. The number of anilines is 2. The van der Waals surface area contributed by atoms with Gasteiger partial charge in [-0.2, -0.15) is 0 Å². The lowest BCUT2D eigenvalue weighted by Gasteiger charge is -2.30. The van der Waals surface area contributed by atoms with Crippen molar-refractivity contribution in [2.45, 2.75) is 33.6 Å². The summed E-state index contributed by atoms with van der Waals surface area (Å²) in [5, 5.41) is 2.94. The minimum absolute atomic E-state index is 0.0809. The molecule has 0 saturated heterocycles. The van der Waals surface area contributed by atoms with Crippen molar-refractivity contribution in [3.8, 4) is 0 Å². The molecule has 0 fully saturated rings. The molecule has 1 heterocycles. The SMILES string of the molecule is CCS(=O)(=O)N1CCCc2cc(NC(=O)c3cc(C)ccc3C)ccc21. The molecule has 6 heteroatoms. The van der Waals surface area contributed by atoms with Crippen LogP contribution in [-0.2, 0) is 16.4 Å². The molecule has 0 spiro atoms. The highest BCUT2D eigenvalue weighted by Gasteiger charge is 2.26. The van der Waals surface area contributed by atoms with E-state index in [0.29, 0.717) is 17.8 Å². The number of nitrogens with one attached hydrogen (secondary N) is 1. The van der Waals surface area contributed by atoms with Gasteiger partial charge in [-0.05, 0) is 69.0 Å². The molecule has 0 aliphatic carbocycles. The van der Waals surface area contributed by atoms with Gasteiger partial charge in [0.25, 0.3) is 5.91 Å². The third kappa shape index (κ3) is 3.60. The summed E-state index contributed by atoms with van der Waals surface area (Å²) in [7, 11) is -3.28. The van der Waals surface area contributed by atoms with E-state index in [2.05, 4.69) is 5.32 Å². The number of fused-ring (bicyclic) bond motifs is 1. The van der Waals surface area contributed by atoms with Crippen molar-refractivity contribution in [2.75, 3.05) is 21.9 Å². The molecule has 0 bridgehead atoms. The highest BCUT2D eigenvalue weighted by Crippen LogP contribution is 2.32. The number of benzene rings is 2. The maximum Gasteiger partial charge on any atom is 0.255 e. The molecule has 0 atom stereocenters. The van der Waals surface area contributed by atoms with E-state index in [0.717, 1.165) is 35.2 Å². The number of hydrogen-bond acceptors (Lipinski definition) is 3. The number of hydrogen-bond donors (Lipinski definition) is 1. The van der Waals surface area contributed by atoms with Crippen molar-refractivity contribution in [2.24, 2.45) is 0 Å².